The number of nitrogens with zero attached hydrogens (tertiary/aromatic N) is 2. The topological polar surface area (TPSA) is 115 Å². The summed E-state index contributed by atoms with van der Waals surface area (Å²) in [6, 6.07) is 14.4. The summed E-state index contributed by atoms with van der Waals surface area (Å²) < 4.78 is 14.0. The molecule has 41 heavy (non-hydrogen) atoms. The first-order chi connectivity index (χ1) is 19.6. The van der Waals surface area contributed by atoms with E-state index in [0.29, 0.717) is 16.5 Å². The molecule has 3 aromatic rings. The summed E-state index contributed by atoms with van der Waals surface area (Å²) in [5.41, 5.74) is -0.181. The highest BCUT2D eigenvalue weighted by molar-refractivity contribution is 6.31. The third kappa shape index (κ3) is 3.30. The van der Waals surface area contributed by atoms with Crippen LogP contribution in [0.2, 0.25) is 5.02 Å². The molecule has 3 aromatic carbocycles. The Hall–Kier alpha value is -4.08. The minimum atomic E-state index is -1.39. The largest absolute Gasteiger partial charge is 0.507 e. The van der Waals surface area contributed by atoms with E-state index < -0.39 is 64.5 Å². The van der Waals surface area contributed by atoms with E-state index in [1.165, 1.54) is 12.1 Å². The third-order valence-electron chi connectivity index (χ3n) is 9.66. The number of allylic oxidation sites excluding steroid dienone is 2. The van der Waals surface area contributed by atoms with Crippen molar-refractivity contribution < 1.29 is 33.9 Å². The van der Waals surface area contributed by atoms with Gasteiger partial charge in [-0.1, -0.05) is 59.6 Å². The Kier molecular flexibility index (Phi) is 5.49. The molecule has 1 saturated carbocycles. The van der Waals surface area contributed by atoms with Crippen molar-refractivity contribution in [2.75, 3.05) is 4.90 Å². The van der Waals surface area contributed by atoms with E-state index in [1.54, 1.807) is 25.1 Å². The van der Waals surface area contributed by atoms with Crippen LogP contribution in [0.1, 0.15) is 31.2 Å². The number of halogens is 2. The van der Waals surface area contributed by atoms with Crippen LogP contribution in [-0.2, 0) is 19.2 Å². The summed E-state index contributed by atoms with van der Waals surface area (Å²) >= 11 is 6.02. The molecular weight excluding hydrogens is 551 g/mol. The lowest BCUT2D eigenvalue weighted by atomic mass is 9.51. The number of carbonyl (C=O) groups excluding carboxylic acids is 4. The summed E-state index contributed by atoms with van der Waals surface area (Å²) in [5, 5.41) is 23.1. The van der Waals surface area contributed by atoms with Crippen molar-refractivity contribution in [3.63, 3.8) is 0 Å². The predicted molar refractivity (Wildman–Crippen MR) is 145 cm³/mol. The highest BCUT2D eigenvalue weighted by Crippen LogP contribution is 2.64. The summed E-state index contributed by atoms with van der Waals surface area (Å²) in [7, 11) is 0. The maximum atomic E-state index is 14.4. The van der Waals surface area contributed by atoms with Crippen molar-refractivity contribution in [2.24, 2.45) is 29.1 Å². The number of carbonyl (C=O) groups is 4. The number of phenols is 1. The monoisotopic (exact) mass is 574 g/mol. The number of fused-ring (bicyclic) bond motifs is 5. The molecule has 0 aromatic heterocycles. The lowest BCUT2D eigenvalue weighted by Crippen LogP contribution is -2.48. The molecule has 0 unspecified atom stereocenters. The maximum absolute atomic E-state index is 14.4. The van der Waals surface area contributed by atoms with E-state index in [4.69, 9.17) is 11.6 Å². The molecule has 2 aliphatic carbocycles. The van der Waals surface area contributed by atoms with Gasteiger partial charge < -0.3 is 5.11 Å². The molecule has 2 aliphatic heterocycles. The Morgan fingerprint density at radius 2 is 1.73 bits per heavy atom. The molecule has 0 radical (unpaired) electrons. The van der Waals surface area contributed by atoms with Gasteiger partial charge in [0.15, 0.2) is 0 Å². The Balaban J connectivity index is 1.45. The fraction of sp³-hybridized carbons (Fsp3) is 0.290. The van der Waals surface area contributed by atoms with E-state index >= 15 is 0 Å². The van der Waals surface area contributed by atoms with Crippen LogP contribution >= 0.6 is 11.6 Å². The van der Waals surface area contributed by atoms with Gasteiger partial charge >= 0.3 is 0 Å². The van der Waals surface area contributed by atoms with Crippen LogP contribution in [0, 0.1) is 34.9 Å². The second-order valence-electron chi connectivity index (χ2n) is 11.5. The maximum Gasteiger partial charge on any atom is 0.257 e. The Labute approximate surface area is 238 Å². The molecule has 2 heterocycles. The predicted octanol–water partition coefficient (Wildman–Crippen LogP) is 4.96. The van der Waals surface area contributed by atoms with Crippen LogP contribution in [0.15, 0.2) is 66.2 Å². The van der Waals surface area contributed by atoms with Gasteiger partial charge in [0.1, 0.15) is 11.6 Å². The molecule has 3 fully saturated rings. The molecule has 10 heteroatoms. The fourth-order valence-corrected chi connectivity index (χ4v) is 7.89. The number of hydrogen-bond donors (Lipinski definition) is 2. The van der Waals surface area contributed by atoms with Crippen molar-refractivity contribution in [3.8, 4) is 5.75 Å². The van der Waals surface area contributed by atoms with Gasteiger partial charge in [-0.05, 0) is 49.3 Å². The standard InChI is InChI=1S/C31H24ClFN2O6/c1-31-21(28(38)34(30(31)40)15-7-11-23(33)22(32)12-15)13-20-17(9-10-18-24(20)29(39)35(41)27(18)37)25(31)19-8-6-14-4-2-3-5-16(14)26(19)36/h2-9,11-12,18,20-21,24-25,36,41H,10,13H2,1H3/t18-,20+,21-,24-,25+,31+/m0/s1. The minimum absolute atomic E-state index is 0.0436. The van der Waals surface area contributed by atoms with Crippen molar-refractivity contribution in [3.05, 3.63) is 82.6 Å². The van der Waals surface area contributed by atoms with Gasteiger partial charge in [-0.3, -0.25) is 24.4 Å². The molecule has 4 aliphatic rings. The highest BCUT2D eigenvalue weighted by Gasteiger charge is 2.68. The average Bonchev–Trinajstić information content (AvgIpc) is 3.30. The summed E-state index contributed by atoms with van der Waals surface area (Å²) in [5.74, 6) is -7.33. The molecule has 208 valence electrons. The van der Waals surface area contributed by atoms with Crippen LogP contribution in [0.25, 0.3) is 10.8 Å². The summed E-state index contributed by atoms with van der Waals surface area (Å²) in [6.45, 7) is 1.69. The second-order valence-corrected chi connectivity index (χ2v) is 11.9. The zero-order chi connectivity index (χ0) is 29.0. The molecule has 6 atom stereocenters. The van der Waals surface area contributed by atoms with Crippen molar-refractivity contribution in [1.29, 1.82) is 0 Å². The van der Waals surface area contributed by atoms with Gasteiger partial charge in [-0.15, -0.1) is 0 Å². The number of anilines is 1. The molecule has 0 bridgehead atoms. The molecule has 8 nitrogen and oxygen atoms in total. The normalized spacial score (nSPS) is 30.9. The smallest absolute Gasteiger partial charge is 0.257 e. The number of aromatic hydroxyl groups is 1. The minimum Gasteiger partial charge on any atom is -0.507 e. The summed E-state index contributed by atoms with van der Waals surface area (Å²) in [6.07, 6.45) is 2.08. The first-order valence-corrected chi connectivity index (χ1v) is 13.7. The van der Waals surface area contributed by atoms with Crippen LogP contribution in [0.4, 0.5) is 10.1 Å². The van der Waals surface area contributed by atoms with Gasteiger partial charge in [0.25, 0.3) is 11.8 Å². The van der Waals surface area contributed by atoms with Crippen molar-refractivity contribution in [2.45, 2.75) is 25.7 Å². The van der Waals surface area contributed by atoms with E-state index in [0.717, 1.165) is 16.4 Å². The number of phenolic OH excluding ortho intramolecular Hbond substituents is 1. The van der Waals surface area contributed by atoms with Gasteiger partial charge in [0, 0.05) is 16.9 Å². The van der Waals surface area contributed by atoms with Crippen LogP contribution in [-0.4, -0.2) is 39.0 Å². The second kappa shape index (κ2) is 8.71. The van der Waals surface area contributed by atoms with Gasteiger partial charge in [-0.25, -0.2) is 9.29 Å². The first kappa shape index (κ1) is 25.9. The first-order valence-electron chi connectivity index (χ1n) is 13.4. The van der Waals surface area contributed by atoms with Crippen molar-refractivity contribution in [1.82, 2.24) is 5.06 Å². The molecule has 2 N–H and O–H groups in total. The van der Waals surface area contributed by atoms with Crippen LogP contribution < -0.4 is 4.90 Å². The third-order valence-corrected chi connectivity index (χ3v) is 9.95. The van der Waals surface area contributed by atoms with E-state index in [-0.39, 0.29) is 34.4 Å². The molecule has 4 amide bonds. The van der Waals surface area contributed by atoms with Crippen LogP contribution in [0.3, 0.4) is 0 Å². The number of hydroxylamine groups is 2. The zero-order valence-electron chi connectivity index (χ0n) is 21.8. The van der Waals surface area contributed by atoms with E-state index in [2.05, 4.69) is 0 Å². The molecule has 0 spiro atoms. The molecule has 7 rings (SSSR count). The van der Waals surface area contributed by atoms with Crippen LogP contribution in [0.5, 0.6) is 5.75 Å². The number of hydrogen-bond acceptors (Lipinski definition) is 6. The number of benzene rings is 3. The molecule has 2 saturated heterocycles. The van der Waals surface area contributed by atoms with E-state index in [9.17, 15) is 33.9 Å². The number of rotatable bonds is 2. The van der Waals surface area contributed by atoms with Crippen molar-refractivity contribution >= 4 is 51.7 Å². The van der Waals surface area contributed by atoms with Gasteiger partial charge in [0.2, 0.25) is 11.8 Å². The number of imide groups is 2. The Morgan fingerprint density at radius 3 is 2.49 bits per heavy atom. The zero-order valence-corrected chi connectivity index (χ0v) is 22.5. The number of amides is 4. The lowest BCUT2D eigenvalue weighted by Gasteiger charge is -2.49. The fourth-order valence-electron chi connectivity index (χ4n) is 7.72. The average molecular weight is 575 g/mol. The van der Waals surface area contributed by atoms with Gasteiger partial charge in [0.05, 0.1) is 33.9 Å². The SMILES string of the molecule is C[C@@]12C(=O)N(c3ccc(F)c(Cl)c3)C(=O)[C@@H]1C[C@@H]1C(=CC[C@@H]3C(=O)N(O)C(=O)[C@@H]31)[C@@H]2c1ccc2ccccc2c1O. The Morgan fingerprint density at radius 1 is 0.976 bits per heavy atom. The summed E-state index contributed by atoms with van der Waals surface area (Å²) in [4.78, 5) is 55.3. The highest BCUT2D eigenvalue weighted by atomic mass is 35.5. The lowest BCUT2D eigenvalue weighted by molar-refractivity contribution is -0.173. The Bertz CT molecular complexity index is 1760. The quantitative estimate of drug-likeness (QED) is 0.254. The van der Waals surface area contributed by atoms with Gasteiger partial charge in [-0.2, -0.15) is 5.06 Å². The van der Waals surface area contributed by atoms with E-state index in [1.807, 2.05) is 24.3 Å². The molecular formula is C31H24ClFN2O6.